The Morgan fingerprint density at radius 2 is 2.00 bits per heavy atom. The van der Waals surface area contributed by atoms with Crippen molar-refractivity contribution >= 4 is 33.7 Å². The molecule has 0 amide bonds. The summed E-state index contributed by atoms with van der Waals surface area (Å²) in [6.45, 7) is 1.86. The predicted molar refractivity (Wildman–Crippen MR) is 109 cm³/mol. The second kappa shape index (κ2) is 9.74. The minimum absolute atomic E-state index is 0.0468. The van der Waals surface area contributed by atoms with Crippen LogP contribution in [-0.2, 0) is 11.0 Å². The predicted octanol–water partition coefficient (Wildman–Crippen LogP) is 4.94. The SMILES string of the molecule is CNc1ccc(Br)cc1.Cc1cc(C(F)(F)F)c(C#N)c(N2CCCC2C=O)n1. The Labute approximate surface area is 175 Å². The van der Waals surface area contributed by atoms with Crippen molar-refractivity contribution in [1.29, 1.82) is 5.26 Å². The molecule has 1 fully saturated rings. The van der Waals surface area contributed by atoms with Crippen LogP contribution in [0, 0.1) is 18.3 Å². The van der Waals surface area contributed by atoms with E-state index in [0.717, 1.165) is 16.2 Å². The third kappa shape index (κ3) is 5.70. The number of benzene rings is 1. The van der Waals surface area contributed by atoms with E-state index in [4.69, 9.17) is 5.26 Å². The number of rotatable bonds is 3. The van der Waals surface area contributed by atoms with Crippen LogP contribution in [0.15, 0.2) is 34.8 Å². The summed E-state index contributed by atoms with van der Waals surface area (Å²) in [5.74, 6) is -0.0468. The molecule has 154 valence electrons. The molecule has 5 nitrogen and oxygen atoms in total. The molecule has 0 spiro atoms. The van der Waals surface area contributed by atoms with Gasteiger partial charge >= 0.3 is 6.18 Å². The number of aromatic nitrogens is 1. The van der Waals surface area contributed by atoms with Crippen LogP contribution in [0.3, 0.4) is 0 Å². The molecule has 0 radical (unpaired) electrons. The highest BCUT2D eigenvalue weighted by Gasteiger charge is 2.38. The molecule has 0 aliphatic carbocycles. The maximum absolute atomic E-state index is 13.0. The van der Waals surface area contributed by atoms with Gasteiger partial charge < -0.3 is 15.0 Å². The molecule has 1 saturated heterocycles. The maximum Gasteiger partial charge on any atom is 0.417 e. The number of aldehydes is 1. The van der Waals surface area contributed by atoms with Gasteiger partial charge in [-0.2, -0.15) is 18.4 Å². The molecule has 0 bridgehead atoms. The Bertz CT molecular complexity index is 894. The summed E-state index contributed by atoms with van der Waals surface area (Å²) in [5, 5.41) is 12.1. The molecule has 1 aliphatic heterocycles. The third-order valence-electron chi connectivity index (χ3n) is 4.41. The molecule has 1 atom stereocenters. The lowest BCUT2D eigenvalue weighted by atomic mass is 10.1. The average molecular weight is 469 g/mol. The maximum atomic E-state index is 13.0. The molecule has 2 heterocycles. The first kappa shape index (κ1) is 22.7. The normalized spacial score (nSPS) is 15.9. The van der Waals surface area contributed by atoms with E-state index in [0.29, 0.717) is 25.7 Å². The van der Waals surface area contributed by atoms with Gasteiger partial charge in [0.2, 0.25) is 0 Å². The van der Waals surface area contributed by atoms with Gasteiger partial charge in [-0.1, -0.05) is 15.9 Å². The van der Waals surface area contributed by atoms with E-state index in [9.17, 15) is 18.0 Å². The van der Waals surface area contributed by atoms with Crippen molar-refractivity contribution in [2.75, 3.05) is 23.8 Å². The van der Waals surface area contributed by atoms with Gasteiger partial charge in [-0.15, -0.1) is 0 Å². The van der Waals surface area contributed by atoms with E-state index in [1.807, 2.05) is 31.3 Å². The van der Waals surface area contributed by atoms with Crippen molar-refractivity contribution in [3.8, 4) is 6.07 Å². The largest absolute Gasteiger partial charge is 0.417 e. The van der Waals surface area contributed by atoms with E-state index in [1.54, 1.807) is 6.07 Å². The fourth-order valence-corrected chi connectivity index (χ4v) is 3.28. The first-order chi connectivity index (χ1) is 13.7. The first-order valence-corrected chi connectivity index (χ1v) is 9.64. The van der Waals surface area contributed by atoms with E-state index < -0.39 is 23.3 Å². The summed E-state index contributed by atoms with van der Waals surface area (Å²) < 4.78 is 40.1. The minimum atomic E-state index is -4.62. The molecule has 2 aromatic rings. The Balaban J connectivity index is 0.000000278. The zero-order valence-electron chi connectivity index (χ0n) is 15.9. The highest BCUT2D eigenvalue weighted by Crippen LogP contribution is 2.37. The molecule has 1 aromatic carbocycles. The highest BCUT2D eigenvalue weighted by atomic mass is 79.9. The van der Waals surface area contributed by atoms with Crippen molar-refractivity contribution in [3.05, 3.63) is 51.6 Å². The van der Waals surface area contributed by atoms with Crippen LogP contribution in [-0.4, -0.2) is 30.9 Å². The number of aryl methyl sites for hydroxylation is 1. The number of pyridine rings is 1. The summed E-state index contributed by atoms with van der Waals surface area (Å²) in [5.41, 5.74) is -0.211. The van der Waals surface area contributed by atoms with Crippen LogP contribution in [0.2, 0.25) is 0 Å². The Kier molecular flexibility index (Phi) is 7.62. The van der Waals surface area contributed by atoms with Gasteiger partial charge in [0.25, 0.3) is 0 Å². The molecule has 3 rings (SSSR count). The topological polar surface area (TPSA) is 69.0 Å². The number of nitrogens with one attached hydrogen (secondary N) is 1. The minimum Gasteiger partial charge on any atom is -0.388 e. The van der Waals surface area contributed by atoms with Gasteiger partial charge in [-0.25, -0.2) is 4.98 Å². The Morgan fingerprint density at radius 1 is 1.34 bits per heavy atom. The lowest BCUT2D eigenvalue weighted by Crippen LogP contribution is -2.32. The van der Waals surface area contributed by atoms with Crippen LogP contribution in [0.4, 0.5) is 24.7 Å². The zero-order chi connectivity index (χ0) is 21.6. The number of carbonyl (C=O) groups is 1. The van der Waals surface area contributed by atoms with Crippen molar-refractivity contribution in [1.82, 2.24) is 4.98 Å². The lowest BCUT2D eigenvalue weighted by Gasteiger charge is -2.24. The van der Waals surface area contributed by atoms with Crippen LogP contribution in [0.5, 0.6) is 0 Å². The molecule has 1 aromatic heterocycles. The van der Waals surface area contributed by atoms with Gasteiger partial charge in [0.1, 0.15) is 23.7 Å². The zero-order valence-corrected chi connectivity index (χ0v) is 17.5. The van der Waals surface area contributed by atoms with Gasteiger partial charge in [-0.05, 0) is 50.1 Å². The summed E-state index contributed by atoms with van der Waals surface area (Å²) in [7, 11) is 1.91. The fraction of sp³-hybridized carbons (Fsp3) is 0.350. The standard InChI is InChI=1S/C13H12F3N3O.C7H8BrN/c1-8-5-11(13(14,15)16)10(6-17)12(18-8)19-4-2-3-9(19)7-20;1-9-7-4-2-6(8)3-5-7/h5,7,9H,2-4H2,1H3;2-5,9H,1H3. The highest BCUT2D eigenvalue weighted by molar-refractivity contribution is 9.10. The molecular weight excluding hydrogens is 449 g/mol. The Hall–Kier alpha value is -2.60. The molecule has 0 saturated carbocycles. The molecule has 9 heteroatoms. The van der Waals surface area contributed by atoms with Crippen LogP contribution in [0.25, 0.3) is 0 Å². The number of nitriles is 1. The van der Waals surface area contributed by atoms with Gasteiger partial charge in [0, 0.05) is 29.4 Å². The van der Waals surface area contributed by atoms with Crippen LogP contribution in [0.1, 0.15) is 29.7 Å². The average Bonchev–Trinajstić information content (AvgIpc) is 3.16. The first-order valence-electron chi connectivity index (χ1n) is 8.85. The van der Waals surface area contributed by atoms with Crippen molar-refractivity contribution in [2.45, 2.75) is 32.0 Å². The molecule has 1 N–H and O–H groups in total. The van der Waals surface area contributed by atoms with Crippen molar-refractivity contribution in [2.24, 2.45) is 0 Å². The number of nitrogens with zero attached hydrogens (tertiary/aromatic N) is 3. The monoisotopic (exact) mass is 468 g/mol. The smallest absolute Gasteiger partial charge is 0.388 e. The second-order valence-corrected chi connectivity index (χ2v) is 7.33. The summed E-state index contributed by atoms with van der Waals surface area (Å²) >= 11 is 3.35. The summed E-state index contributed by atoms with van der Waals surface area (Å²) in [4.78, 5) is 16.5. The summed E-state index contributed by atoms with van der Waals surface area (Å²) in [6.07, 6.45) is -2.69. The fourth-order valence-electron chi connectivity index (χ4n) is 3.01. The summed E-state index contributed by atoms with van der Waals surface area (Å²) in [6, 6.07) is 9.97. The van der Waals surface area contributed by atoms with Gasteiger partial charge in [0.15, 0.2) is 0 Å². The molecule has 1 aliphatic rings. The Morgan fingerprint density at radius 3 is 2.52 bits per heavy atom. The van der Waals surface area contributed by atoms with E-state index >= 15 is 0 Å². The number of anilines is 2. The van der Waals surface area contributed by atoms with Gasteiger partial charge in [0.05, 0.1) is 11.6 Å². The van der Waals surface area contributed by atoms with E-state index in [1.165, 1.54) is 11.8 Å². The van der Waals surface area contributed by atoms with Crippen molar-refractivity contribution in [3.63, 3.8) is 0 Å². The molecular formula is C20H20BrF3N4O. The number of carbonyl (C=O) groups excluding carboxylic acids is 1. The van der Waals surface area contributed by atoms with Crippen LogP contribution >= 0.6 is 15.9 Å². The lowest BCUT2D eigenvalue weighted by molar-refractivity contribution is -0.137. The van der Waals surface area contributed by atoms with E-state index in [-0.39, 0.29) is 11.5 Å². The quantitative estimate of drug-likeness (QED) is 0.646. The third-order valence-corrected chi connectivity index (χ3v) is 4.94. The number of alkyl halides is 3. The number of halogens is 4. The second-order valence-electron chi connectivity index (χ2n) is 6.42. The number of hydrogen-bond donors (Lipinski definition) is 1. The van der Waals surface area contributed by atoms with Crippen LogP contribution < -0.4 is 10.2 Å². The van der Waals surface area contributed by atoms with E-state index in [2.05, 4.69) is 26.2 Å². The van der Waals surface area contributed by atoms with Gasteiger partial charge in [-0.3, -0.25) is 0 Å². The molecule has 1 unspecified atom stereocenters. The molecule has 29 heavy (non-hydrogen) atoms. The van der Waals surface area contributed by atoms with Crippen molar-refractivity contribution < 1.29 is 18.0 Å². The number of hydrogen-bond acceptors (Lipinski definition) is 5.